The van der Waals surface area contributed by atoms with Crippen LogP contribution in [0.4, 0.5) is 18.9 Å². The summed E-state index contributed by atoms with van der Waals surface area (Å²) in [5.41, 5.74) is -1.08. The van der Waals surface area contributed by atoms with Crippen molar-refractivity contribution in [1.29, 1.82) is 5.26 Å². The van der Waals surface area contributed by atoms with E-state index in [0.29, 0.717) is 13.1 Å². The van der Waals surface area contributed by atoms with Crippen molar-refractivity contribution < 1.29 is 22.7 Å². The zero-order valence-electron chi connectivity index (χ0n) is 13.8. The van der Waals surface area contributed by atoms with Crippen molar-refractivity contribution in [3.05, 3.63) is 41.6 Å². The molecule has 25 heavy (non-hydrogen) atoms. The third-order valence-corrected chi connectivity index (χ3v) is 3.57. The van der Waals surface area contributed by atoms with Crippen LogP contribution in [0.1, 0.15) is 19.4 Å². The largest absolute Gasteiger partial charge is 0.416 e. The monoisotopic (exact) mass is 353 g/mol. The van der Waals surface area contributed by atoms with Crippen molar-refractivity contribution in [2.45, 2.75) is 32.2 Å². The standard InChI is InChI=1S/C17H18F3N3O2/c1-11-8-23(9-12(2)25-11)10-13(7-21)16(24)22-15-5-3-4-14(6-15)17(18,19)20/h3-6,10-12H,8-9H2,1-2H3,(H,22,24)/b13-10-. The molecule has 2 rings (SSSR count). The first-order valence-electron chi connectivity index (χ1n) is 7.69. The van der Waals surface area contributed by atoms with Crippen LogP contribution in [0.2, 0.25) is 0 Å². The summed E-state index contributed by atoms with van der Waals surface area (Å²) in [5, 5.41) is 11.5. The molecule has 0 bridgehead atoms. The Balaban J connectivity index is 2.13. The van der Waals surface area contributed by atoms with E-state index in [0.717, 1.165) is 12.1 Å². The van der Waals surface area contributed by atoms with E-state index in [4.69, 9.17) is 4.74 Å². The highest BCUT2D eigenvalue weighted by atomic mass is 19.4. The van der Waals surface area contributed by atoms with Crippen molar-refractivity contribution in [3.63, 3.8) is 0 Å². The molecule has 8 heteroatoms. The molecular weight excluding hydrogens is 335 g/mol. The van der Waals surface area contributed by atoms with E-state index in [1.165, 1.54) is 18.3 Å². The van der Waals surface area contributed by atoms with E-state index in [1.807, 2.05) is 13.8 Å². The number of alkyl halides is 3. The lowest BCUT2D eigenvalue weighted by Gasteiger charge is -2.34. The fourth-order valence-electron chi connectivity index (χ4n) is 2.62. The maximum Gasteiger partial charge on any atom is 0.416 e. The second-order valence-electron chi connectivity index (χ2n) is 5.90. The van der Waals surface area contributed by atoms with Crippen LogP contribution in [0.5, 0.6) is 0 Å². The van der Waals surface area contributed by atoms with E-state index < -0.39 is 17.6 Å². The van der Waals surface area contributed by atoms with Gasteiger partial charge in [-0.05, 0) is 32.0 Å². The number of hydrogen-bond acceptors (Lipinski definition) is 4. The van der Waals surface area contributed by atoms with E-state index >= 15 is 0 Å². The number of benzene rings is 1. The zero-order valence-corrected chi connectivity index (χ0v) is 13.8. The number of nitriles is 1. The summed E-state index contributed by atoms with van der Waals surface area (Å²) < 4.78 is 43.7. The fraction of sp³-hybridized carbons (Fsp3) is 0.412. The van der Waals surface area contributed by atoms with Crippen LogP contribution in [-0.2, 0) is 15.7 Å². The molecule has 0 radical (unpaired) electrons. The number of anilines is 1. The number of ether oxygens (including phenoxy) is 1. The molecule has 0 spiro atoms. The molecule has 1 N–H and O–H groups in total. The van der Waals surface area contributed by atoms with Crippen molar-refractivity contribution in [3.8, 4) is 6.07 Å². The third kappa shape index (κ3) is 5.22. The van der Waals surface area contributed by atoms with Crippen LogP contribution in [0.15, 0.2) is 36.0 Å². The molecule has 2 unspecified atom stereocenters. The molecule has 134 valence electrons. The Morgan fingerprint density at radius 3 is 2.56 bits per heavy atom. The minimum atomic E-state index is -4.51. The Labute approximate surface area is 143 Å². The summed E-state index contributed by atoms with van der Waals surface area (Å²) >= 11 is 0. The lowest BCUT2D eigenvalue weighted by Crippen LogP contribution is -2.43. The third-order valence-electron chi connectivity index (χ3n) is 3.57. The second kappa shape index (κ2) is 7.57. The van der Waals surface area contributed by atoms with Gasteiger partial charge in [0.2, 0.25) is 0 Å². The van der Waals surface area contributed by atoms with Crippen LogP contribution in [0, 0.1) is 11.3 Å². The summed E-state index contributed by atoms with van der Waals surface area (Å²) in [5.74, 6) is -0.756. The lowest BCUT2D eigenvalue weighted by molar-refractivity contribution is -0.137. The summed E-state index contributed by atoms with van der Waals surface area (Å²) in [6, 6.07) is 6.05. The van der Waals surface area contributed by atoms with Crippen molar-refractivity contribution in [1.82, 2.24) is 4.90 Å². The van der Waals surface area contributed by atoms with Gasteiger partial charge in [0.05, 0.1) is 17.8 Å². The smallest absolute Gasteiger partial charge is 0.372 e. The average Bonchev–Trinajstić information content (AvgIpc) is 2.51. The predicted molar refractivity (Wildman–Crippen MR) is 85.4 cm³/mol. The van der Waals surface area contributed by atoms with Crippen molar-refractivity contribution in [2.75, 3.05) is 18.4 Å². The van der Waals surface area contributed by atoms with Gasteiger partial charge in [-0.25, -0.2) is 0 Å². The highest BCUT2D eigenvalue weighted by molar-refractivity contribution is 6.06. The average molecular weight is 353 g/mol. The second-order valence-corrected chi connectivity index (χ2v) is 5.90. The van der Waals surface area contributed by atoms with Gasteiger partial charge in [0.15, 0.2) is 0 Å². The molecule has 1 aromatic carbocycles. The normalized spacial score (nSPS) is 21.6. The van der Waals surface area contributed by atoms with Crippen LogP contribution < -0.4 is 5.32 Å². The number of rotatable bonds is 3. The topological polar surface area (TPSA) is 65.4 Å². The molecule has 5 nitrogen and oxygen atoms in total. The first-order chi connectivity index (χ1) is 11.7. The summed E-state index contributed by atoms with van der Waals surface area (Å²) in [6.45, 7) is 4.80. The molecule has 1 aromatic rings. The van der Waals surface area contributed by atoms with Crippen LogP contribution >= 0.6 is 0 Å². The predicted octanol–water partition coefficient (Wildman–Crippen LogP) is 3.16. The maximum absolute atomic E-state index is 12.7. The molecular formula is C17H18F3N3O2. The number of hydrogen-bond donors (Lipinski definition) is 1. The van der Waals surface area contributed by atoms with E-state index in [-0.39, 0.29) is 23.5 Å². The van der Waals surface area contributed by atoms with Crippen LogP contribution in [0.25, 0.3) is 0 Å². The highest BCUT2D eigenvalue weighted by Gasteiger charge is 2.30. The Hall–Kier alpha value is -2.53. The number of halogens is 3. The van der Waals surface area contributed by atoms with Gasteiger partial charge in [-0.3, -0.25) is 4.79 Å². The minimum Gasteiger partial charge on any atom is -0.372 e. The Morgan fingerprint density at radius 2 is 2.00 bits per heavy atom. The van der Waals surface area contributed by atoms with Crippen LogP contribution in [0.3, 0.4) is 0 Å². The number of nitrogens with one attached hydrogen (secondary N) is 1. The van der Waals surface area contributed by atoms with Crippen molar-refractivity contribution in [2.24, 2.45) is 0 Å². The van der Waals surface area contributed by atoms with Crippen LogP contribution in [-0.4, -0.2) is 36.1 Å². The minimum absolute atomic E-state index is 0.0234. The Kier molecular flexibility index (Phi) is 5.69. The summed E-state index contributed by atoms with van der Waals surface area (Å²) in [4.78, 5) is 14.0. The summed E-state index contributed by atoms with van der Waals surface area (Å²) in [7, 11) is 0. The van der Waals surface area contributed by atoms with E-state index in [2.05, 4.69) is 5.32 Å². The summed E-state index contributed by atoms with van der Waals surface area (Å²) in [6.07, 6.45) is -3.19. The molecule has 2 atom stereocenters. The SMILES string of the molecule is CC1CN(/C=C(/C#N)C(=O)Nc2cccc(C(F)(F)F)c2)CC(C)O1. The Morgan fingerprint density at radius 1 is 1.36 bits per heavy atom. The lowest BCUT2D eigenvalue weighted by atomic mass is 10.2. The number of carbonyl (C=O) groups excluding carboxylic acids is 1. The van der Waals surface area contributed by atoms with Gasteiger partial charge < -0.3 is 15.0 Å². The molecule has 1 aliphatic heterocycles. The molecule has 0 saturated carbocycles. The fourth-order valence-corrected chi connectivity index (χ4v) is 2.62. The number of nitrogens with zero attached hydrogens (tertiary/aromatic N) is 2. The van der Waals surface area contributed by atoms with E-state index in [1.54, 1.807) is 11.0 Å². The molecule has 1 saturated heterocycles. The first-order valence-corrected chi connectivity index (χ1v) is 7.69. The molecule has 0 aliphatic carbocycles. The molecule has 0 aromatic heterocycles. The van der Waals surface area contributed by atoms with Gasteiger partial charge in [-0.1, -0.05) is 6.07 Å². The van der Waals surface area contributed by atoms with Crippen molar-refractivity contribution >= 4 is 11.6 Å². The quantitative estimate of drug-likeness (QED) is 0.670. The van der Waals surface area contributed by atoms with Gasteiger partial charge in [0.25, 0.3) is 5.91 Å². The number of amides is 1. The number of morpholine rings is 1. The highest BCUT2D eigenvalue weighted by Crippen LogP contribution is 2.30. The number of carbonyl (C=O) groups is 1. The van der Waals surface area contributed by atoms with Gasteiger partial charge >= 0.3 is 6.18 Å². The van der Waals surface area contributed by atoms with E-state index in [9.17, 15) is 23.2 Å². The molecule has 1 heterocycles. The first kappa shape index (κ1) is 18.8. The van der Waals surface area contributed by atoms with Gasteiger partial charge in [-0.15, -0.1) is 0 Å². The zero-order chi connectivity index (χ0) is 18.6. The molecule has 1 fully saturated rings. The Bertz CT molecular complexity index is 700. The van der Waals surface area contributed by atoms with Gasteiger partial charge in [0.1, 0.15) is 11.6 Å². The maximum atomic E-state index is 12.7. The molecule has 1 aliphatic rings. The van der Waals surface area contributed by atoms with Gasteiger partial charge in [0, 0.05) is 25.0 Å². The molecule has 1 amide bonds. The van der Waals surface area contributed by atoms with Gasteiger partial charge in [-0.2, -0.15) is 18.4 Å².